The number of benzene rings is 1. The second kappa shape index (κ2) is 5.64. The monoisotopic (exact) mass is 261 g/mol. The van der Waals surface area contributed by atoms with Crippen molar-refractivity contribution in [1.29, 1.82) is 0 Å². The van der Waals surface area contributed by atoms with Crippen molar-refractivity contribution in [2.45, 2.75) is 58.7 Å². The van der Waals surface area contributed by atoms with E-state index >= 15 is 0 Å². The standard InChI is InChI=1S/C16H23NO2/c1-5-8-16(19-13(4)18)17-12(3)11(2)14-9-6-7-10-15(14)17/h6-7,9-12,16H,5,8H2,1-4H3. The fourth-order valence-corrected chi connectivity index (χ4v) is 2.94. The Balaban J connectivity index is 2.34. The van der Waals surface area contributed by atoms with Crippen LogP contribution in [0.3, 0.4) is 0 Å². The normalized spacial score (nSPS) is 23.1. The molecule has 1 aliphatic heterocycles. The first kappa shape index (κ1) is 13.9. The van der Waals surface area contributed by atoms with Gasteiger partial charge in [-0.3, -0.25) is 4.79 Å². The van der Waals surface area contributed by atoms with Gasteiger partial charge in [0.1, 0.15) is 0 Å². The number of fused-ring (bicyclic) bond motifs is 1. The Hall–Kier alpha value is -1.51. The molecule has 1 aromatic carbocycles. The second-order valence-electron chi connectivity index (χ2n) is 5.35. The first-order chi connectivity index (χ1) is 9.06. The predicted molar refractivity (Wildman–Crippen MR) is 77.3 cm³/mol. The number of hydrogen-bond donors (Lipinski definition) is 0. The number of hydrogen-bond acceptors (Lipinski definition) is 3. The van der Waals surface area contributed by atoms with E-state index < -0.39 is 0 Å². The van der Waals surface area contributed by atoms with Crippen LogP contribution in [0.4, 0.5) is 5.69 Å². The van der Waals surface area contributed by atoms with Crippen molar-refractivity contribution in [3.63, 3.8) is 0 Å². The fraction of sp³-hybridized carbons (Fsp3) is 0.562. The molecule has 1 aliphatic rings. The third-order valence-electron chi connectivity index (χ3n) is 4.02. The highest BCUT2D eigenvalue weighted by Gasteiger charge is 2.37. The maximum atomic E-state index is 11.3. The summed E-state index contributed by atoms with van der Waals surface area (Å²) in [6.45, 7) is 8.04. The summed E-state index contributed by atoms with van der Waals surface area (Å²) in [6, 6.07) is 8.78. The number of ether oxygens (including phenoxy) is 1. The van der Waals surface area contributed by atoms with Crippen LogP contribution < -0.4 is 4.90 Å². The van der Waals surface area contributed by atoms with Crippen LogP contribution >= 0.6 is 0 Å². The van der Waals surface area contributed by atoms with Gasteiger partial charge in [0.25, 0.3) is 0 Å². The molecular weight excluding hydrogens is 238 g/mol. The highest BCUT2D eigenvalue weighted by Crippen LogP contribution is 2.42. The van der Waals surface area contributed by atoms with E-state index in [-0.39, 0.29) is 12.2 Å². The molecule has 0 aromatic heterocycles. The molecule has 3 unspecified atom stereocenters. The number of rotatable bonds is 4. The molecule has 3 heteroatoms. The lowest BCUT2D eigenvalue weighted by Crippen LogP contribution is -2.42. The van der Waals surface area contributed by atoms with E-state index in [2.05, 4.69) is 43.9 Å². The molecule has 0 bridgehead atoms. The summed E-state index contributed by atoms with van der Waals surface area (Å²) >= 11 is 0. The molecular formula is C16H23NO2. The van der Waals surface area contributed by atoms with E-state index in [4.69, 9.17) is 4.74 Å². The van der Waals surface area contributed by atoms with E-state index in [9.17, 15) is 4.79 Å². The zero-order valence-corrected chi connectivity index (χ0v) is 12.2. The summed E-state index contributed by atoms with van der Waals surface area (Å²) in [7, 11) is 0. The Morgan fingerprint density at radius 1 is 1.37 bits per heavy atom. The van der Waals surface area contributed by atoms with Crippen LogP contribution in [0.15, 0.2) is 24.3 Å². The van der Waals surface area contributed by atoms with Gasteiger partial charge in [-0.05, 0) is 18.6 Å². The molecule has 0 fully saturated rings. The molecule has 0 saturated carbocycles. The van der Waals surface area contributed by atoms with E-state index in [1.54, 1.807) is 0 Å². The van der Waals surface area contributed by atoms with Gasteiger partial charge in [-0.1, -0.05) is 38.5 Å². The van der Waals surface area contributed by atoms with Crippen molar-refractivity contribution >= 4 is 11.7 Å². The quantitative estimate of drug-likeness (QED) is 0.774. The molecule has 0 radical (unpaired) electrons. The van der Waals surface area contributed by atoms with Crippen LogP contribution in [0.2, 0.25) is 0 Å². The molecule has 0 N–H and O–H groups in total. The summed E-state index contributed by atoms with van der Waals surface area (Å²) in [4.78, 5) is 13.6. The van der Waals surface area contributed by atoms with E-state index in [1.165, 1.54) is 18.2 Å². The smallest absolute Gasteiger partial charge is 0.304 e. The van der Waals surface area contributed by atoms with Crippen LogP contribution in [0, 0.1) is 0 Å². The Morgan fingerprint density at radius 3 is 2.68 bits per heavy atom. The van der Waals surface area contributed by atoms with Gasteiger partial charge in [-0.2, -0.15) is 0 Å². The van der Waals surface area contributed by atoms with Crippen LogP contribution in [0.5, 0.6) is 0 Å². The van der Waals surface area contributed by atoms with Gasteiger partial charge in [0, 0.05) is 31.0 Å². The molecule has 104 valence electrons. The van der Waals surface area contributed by atoms with Gasteiger partial charge >= 0.3 is 5.97 Å². The third kappa shape index (κ3) is 2.60. The highest BCUT2D eigenvalue weighted by molar-refractivity contribution is 5.68. The minimum absolute atomic E-state index is 0.149. The molecule has 0 saturated heterocycles. The molecule has 3 atom stereocenters. The van der Waals surface area contributed by atoms with Crippen molar-refractivity contribution in [1.82, 2.24) is 0 Å². The molecule has 3 nitrogen and oxygen atoms in total. The van der Waals surface area contributed by atoms with Crippen LogP contribution in [0.1, 0.15) is 52.0 Å². The summed E-state index contributed by atoms with van der Waals surface area (Å²) in [5.74, 6) is 0.258. The number of carbonyl (C=O) groups excluding carboxylic acids is 1. The van der Waals surface area contributed by atoms with Crippen molar-refractivity contribution in [3.8, 4) is 0 Å². The van der Waals surface area contributed by atoms with Gasteiger partial charge in [0.05, 0.1) is 0 Å². The zero-order valence-electron chi connectivity index (χ0n) is 12.2. The zero-order chi connectivity index (χ0) is 14.0. The largest absolute Gasteiger partial charge is 0.442 e. The minimum atomic E-state index is -0.206. The third-order valence-corrected chi connectivity index (χ3v) is 4.02. The van der Waals surface area contributed by atoms with Crippen LogP contribution in [0.25, 0.3) is 0 Å². The van der Waals surface area contributed by atoms with Gasteiger partial charge in [0.15, 0.2) is 6.23 Å². The Bertz CT molecular complexity index is 458. The molecule has 0 aliphatic carbocycles. The van der Waals surface area contributed by atoms with E-state index in [1.807, 2.05) is 6.07 Å². The molecule has 2 rings (SSSR count). The lowest BCUT2D eigenvalue weighted by Gasteiger charge is -2.34. The molecule has 1 heterocycles. The van der Waals surface area contributed by atoms with Gasteiger partial charge in [0.2, 0.25) is 0 Å². The predicted octanol–water partition coefficient (Wildman–Crippen LogP) is 3.69. The Labute approximate surface area is 115 Å². The average Bonchev–Trinajstić information content (AvgIpc) is 2.62. The van der Waals surface area contributed by atoms with Crippen LogP contribution in [-0.4, -0.2) is 18.2 Å². The van der Waals surface area contributed by atoms with E-state index in [0.29, 0.717) is 12.0 Å². The van der Waals surface area contributed by atoms with Crippen LogP contribution in [-0.2, 0) is 9.53 Å². The van der Waals surface area contributed by atoms with Crippen molar-refractivity contribution < 1.29 is 9.53 Å². The lowest BCUT2D eigenvalue weighted by atomic mass is 9.98. The van der Waals surface area contributed by atoms with Crippen molar-refractivity contribution in [2.24, 2.45) is 0 Å². The maximum Gasteiger partial charge on any atom is 0.304 e. The number of para-hydroxylation sites is 1. The molecule has 0 spiro atoms. The van der Waals surface area contributed by atoms with Gasteiger partial charge < -0.3 is 9.64 Å². The topological polar surface area (TPSA) is 29.5 Å². The molecule has 0 amide bonds. The second-order valence-corrected chi connectivity index (χ2v) is 5.35. The molecule has 1 aromatic rings. The number of carbonyl (C=O) groups is 1. The number of nitrogens with zero attached hydrogens (tertiary/aromatic N) is 1. The number of anilines is 1. The Kier molecular flexibility index (Phi) is 4.13. The maximum absolute atomic E-state index is 11.3. The Morgan fingerprint density at radius 2 is 2.05 bits per heavy atom. The SMILES string of the molecule is CCCC(OC(C)=O)N1c2ccccc2C(C)C1C. The highest BCUT2D eigenvalue weighted by atomic mass is 16.6. The number of esters is 1. The van der Waals surface area contributed by atoms with Gasteiger partial charge in [-0.15, -0.1) is 0 Å². The molecule has 19 heavy (non-hydrogen) atoms. The summed E-state index contributed by atoms with van der Waals surface area (Å²) in [6.07, 6.45) is 1.71. The first-order valence-electron chi connectivity index (χ1n) is 7.10. The van der Waals surface area contributed by atoms with E-state index in [0.717, 1.165) is 12.8 Å². The van der Waals surface area contributed by atoms with Crippen molar-refractivity contribution in [3.05, 3.63) is 29.8 Å². The first-order valence-corrected chi connectivity index (χ1v) is 7.10. The summed E-state index contributed by atoms with van der Waals surface area (Å²) in [5, 5.41) is 0. The fourth-order valence-electron chi connectivity index (χ4n) is 2.94. The lowest BCUT2D eigenvalue weighted by molar-refractivity contribution is -0.146. The average molecular weight is 261 g/mol. The van der Waals surface area contributed by atoms with Crippen molar-refractivity contribution in [2.75, 3.05) is 4.90 Å². The van der Waals surface area contributed by atoms with Gasteiger partial charge in [-0.25, -0.2) is 0 Å². The minimum Gasteiger partial charge on any atom is -0.442 e. The summed E-state index contributed by atoms with van der Waals surface area (Å²) in [5.41, 5.74) is 2.56. The summed E-state index contributed by atoms with van der Waals surface area (Å²) < 4.78 is 5.54.